The summed E-state index contributed by atoms with van der Waals surface area (Å²) in [5.41, 5.74) is 11.5. The predicted molar refractivity (Wildman–Crippen MR) is 82.3 cm³/mol. The summed E-state index contributed by atoms with van der Waals surface area (Å²) in [6, 6.07) is 2.35. The normalized spacial score (nSPS) is 13.5. The number of nitrogens with zero attached hydrogens (tertiary/aromatic N) is 7. The fraction of sp³-hybridized carbons (Fsp3) is 0. The third-order valence-corrected chi connectivity index (χ3v) is 3.67. The van der Waals surface area contributed by atoms with Gasteiger partial charge in [0, 0.05) is 0 Å². The highest BCUT2D eigenvalue weighted by molar-refractivity contribution is 5.99. The van der Waals surface area contributed by atoms with Crippen molar-refractivity contribution in [3.05, 3.63) is 17.0 Å². The van der Waals surface area contributed by atoms with E-state index in [-0.39, 0.29) is 50.5 Å². The maximum absolute atomic E-state index is 11.0. The number of rotatable bonds is 3. The summed E-state index contributed by atoms with van der Waals surface area (Å²) < 4.78 is 0. The number of hydrogen-bond donors (Lipinski definition) is 8. The number of benzene rings is 1. The van der Waals surface area contributed by atoms with Crippen LogP contribution in [-0.4, -0.2) is 40.9 Å². The van der Waals surface area contributed by atoms with Crippen LogP contribution in [0, 0.1) is 4.91 Å². The van der Waals surface area contributed by atoms with E-state index >= 15 is 0 Å². The molecule has 0 spiro atoms. The van der Waals surface area contributed by atoms with E-state index < -0.39 is 10.9 Å². The third kappa shape index (κ3) is 2.04. The minimum Gasteiger partial charge on any atom is -0.368 e. The van der Waals surface area contributed by atoms with Gasteiger partial charge in [-0.15, -0.1) is 10.5 Å². The van der Waals surface area contributed by atoms with Gasteiger partial charge in [0.15, 0.2) is 4.92 Å². The average Bonchev–Trinajstić information content (AvgIpc) is 3.09. The van der Waals surface area contributed by atoms with Crippen LogP contribution in [0.2, 0.25) is 0 Å². The Morgan fingerprint density at radius 3 is 2.42 bits per heavy atom. The topological polar surface area (TPSA) is 210 Å². The molecule has 2 aromatic rings. The van der Waals surface area contributed by atoms with E-state index in [1.54, 1.807) is 0 Å². The van der Waals surface area contributed by atoms with Gasteiger partial charge in [-0.25, -0.2) is 5.43 Å². The molecule has 4 rings (SSSR count). The Morgan fingerprint density at radius 1 is 1.08 bits per heavy atom. The van der Waals surface area contributed by atoms with Crippen LogP contribution in [0.15, 0.2) is 12.1 Å². The van der Waals surface area contributed by atoms with Crippen molar-refractivity contribution in [3.63, 3.8) is 0 Å². The van der Waals surface area contributed by atoms with Crippen LogP contribution in [0.5, 0.6) is 0 Å². The maximum Gasteiger partial charge on any atom is 0.513 e. The maximum atomic E-state index is 11.0. The van der Waals surface area contributed by atoms with Gasteiger partial charge in [0.05, 0.1) is 5.69 Å². The van der Waals surface area contributed by atoms with Gasteiger partial charge in [-0.3, -0.25) is 26.3 Å². The molecule has 0 atom stereocenters. The highest BCUT2D eigenvalue weighted by Gasteiger charge is 2.44. The van der Waals surface area contributed by atoms with Crippen molar-refractivity contribution in [2.24, 2.45) is 0 Å². The number of nitrogen functional groups attached to an aromatic ring is 1. The van der Waals surface area contributed by atoms with Crippen LogP contribution < -0.4 is 37.3 Å². The van der Waals surface area contributed by atoms with Crippen LogP contribution in [0.4, 0.5) is 46.0 Å². The van der Waals surface area contributed by atoms with Crippen LogP contribution in [0.25, 0.3) is 0 Å². The first-order valence-electron chi connectivity index (χ1n) is 6.79. The highest BCUT2D eigenvalue weighted by Crippen LogP contribution is 2.50. The average molecular weight is 367 g/mol. The van der Waals surface area contributed by atoms with Crippen LogP contribution in [0.3, 0.4) is 0 Å². The molecule has 1 aromatic heterocycles. The Morgan fingerprint density at radius 2 is 1.81 bits per heavy atom. The first-order valence-corrected chi connectivity index (χ1v) is 6.79. The zero-order valence-corrected chi connectivity index (χ0v) is 12.5. The van der Waals surface area contributed by atoms with Gasteiger partial charge in [0.2, 0.25) is 11.5 Å². The molecule has 0 saturated carbocycles. The molecule has 2 aliphatic rings. The Kier molecular flexibility index (Phi) is 3.05. The van der Waals surface area contributed by atoms with E-state index in [0.29, 0.717) is 0 Å². The third-order valence-electron chi connectivity index (χ3n) is 3.67. The lowest BCUT2D eigenvalue weighted by molar-refractivity contribution is -0.734. The first-order chi connectivity index (χ1) is 12.3. The van der Waals surface area contributed by atoms with Crippen molar-refractivity contribution in [3.8, 4) is 0 Å². The molecule has 0 saturated heterocycles. The standard InChI is InChI=1S/C10H11N10O6/c11-8-7-9(13-10(12-8)20(25)26)15-16-4-1-3(18(21)22)2-5(19(23)24)6(4)14-17(7)16/h1-2,14,21-24H,(H,25,26)(H3,11,12,13,15)/q+1. The van der Waals surface area contributed by atoms with Crippen molar-refractivity contribution in [1.29, 1.82) is 0 Å². The van der Waals surface area contributed by atoms with E-state index in [9.17, 15) is 25.7 Å². The van der Waals surface area contributed by atoms with Gasteiger partial charge in [-0.05, 0) is 22.1 Å². The molecular weight excluding hydrogens is 356 g/mol. The van der Waals surface area contributed by atoms with E-state index in [2.05, 4.69) is 20.8 Å². The number of nitrogens with one attached hydrogen (secondary N) is 2. The molecule has 16 heteroatoms. The number of anilines is 7. The van der Waals surface area contributed by atoms with E-state index in [1.165, 1.54) is 16.3 Å². The highest BCUT2D eigenvalue weighted by atomic mass is 16.8. The second-order valence-electron chi connectivity index (χ2n) is 5.16. The molecule has 136 valence electrons. The van der Waals surface area contributed by atoms with Gasteiger partial charge in [0.1, 0.15) is 17.1 Å². The summed E-state index contributed by atoms with van der Waals surface area (Å²) >= 11 is 0. The lowest BCUT2D eigenvalue weighted by Crippen LogP contribution is -2.40. The van der Waals surface area contributed by atoms with Gasteiger partial charge in [-0.1, -0.05) is 4.91 Å². The molecule has 0 fully saturated rings. The fourth-order valence-corrected chi connectivity index (χ4v) is 2.61. The number of fused-ring (bicyclic) bond motifs is 5. The molecule has 26 heavy (non-hydrogen) atoms. The molecule has 16 nitrogen and oxygen atoms in total. The minimum absolute atomic E-state index is 0.0576. The van der Waals surface area contributed by atoms with Crippen LogP contribution in [0.1, 0.15) is 0 Å². The number of nitrogens with two attached hydrogens (primary N) is 1. The fourth-order valence-electron chi connectivity index (χ4n) is 2.61. The Balaban J connectivity index is 1.83. The molecule has 1 aromatic carbocycles. The van der Waals surface area contributed by atoms with Crippen molar-refractivity contribution < 1.29 is 31.0 Å². The lowest BCUT2D eigenvalue weighted by Gasteiger charge is -2.20. The number of hydrazine groups is 3. The van der Waals surface area contributed by atoms with Crippen molar-refractivity contribution >= 4 is 46.0 Å². The lowest BCUT2D eigenvalue weighted by atomic mass is 10.2. The molecule has 0 bridgehead atoms. The molecule has 0 aliphatic carbocycles. The smallest absolute Gasteiger partial charge is 0.368 e. The Labute approximate surface area is 142 Å². The molecule has 0 unspecified atom stereocenters. The molecule has 3 heterocycles. The molecule has 2 aliphatic heterocycles. The molecule has 0 amide bonds. The zero-order valence-electron chi connectivity index (χ0n) is 12.5. The van der Waals surface area contributed by atoms with Gasteiger partial charge in [-0.2, -0.15) is 10.2 Å². The van der Waals surface area contributed by atoms with Crippen molar-refractivity contribution in [1.82, 2.24) is 9.97 Å². The monoisotopic (exact) mass is 367 g/mol. The second kappa shape index (κ2) is 5.07. The predicted octanol–water partition coefficient (Wildman–Crippen LogP) is -0.0630. The van der Waals surface area contributed by atoms with E-state index in [1.807, 2.05) is 0 Å². The van der Waals surface area contributed by atoms with Crippen molar-refractivity contribution in [2.45, 2.75) is 0 Å². The Bertz CT molecular complexity index is 935. The van der Waals surface area contributed by atoms with E-state index in [0.717, 1.165) is 6.07 Å². The van der Waals surface area contributed by atoms with Gasteiger partial charge < -0.3 is 10.9 Å². The summed E-state index contributed by atoms with van der Waals surface area (Å²) in [6.45, 7) is 0. The molecule has 9 N–H and O–H groups in total. The van der Waals surface area contributed by atoms with Crippen molar-refractivity contribution in [2.75, 3.05) is 37.3 Å². The summed E-state index contributed by atoms with van der Waals surface area (Å²) in [5, 5.41) is 48.3. The summed E-state index contributed by atoms with van der Waals surface area (Å²) in [6.07, 6.45) is 0. The minimum atomic E-state index is -0.598. The Hall–Kier alpha value is -3.86. The second-order valence-corrected chi connectivity index (χ2v) is 5.16. The van der Waals surface area contributed by atoms with Crippen LogP contribution in [-0.2, 0) is 0 Å². The first kappa shape index (κ1) is 15.7. The SMILES string of the molecule is Nc1nc([N+](=O)O)nc2c1N1Nc3c(N(O)O)cc(N(O)O)cc3N1N2. The van der Waals surface area contributed by atoms with Crippen LogP contribution >= 0.6 is 0 Å². The quantitative estimate of drug-likeness (QED) is 0.334. The van der Waals surface area contributed by atoms with Gasteiger partial charge in [0.25, 0.3) is 5.82 Å². The van der Waals surface area contributed by atoms with E-state index in [4.69, 9.17) is 10.9 Å². The molecular formula is C10H11N10O6+. The number of aromatic nitrogens is 2. The largest absolute Gasteiger partial charge is 0.513 e. The summed E-state index contributed by atoms with van der Waals surface area (Å²) in [4.78, 5) is 17.9. The molecule has 0 radical (unpaired) electrons. The van der Waals surface area contributed by atoms with Gasteiger partial charge >= 0.3 is 5.95 Å². The number of hydrogen-bond acceptors (Lipinski definition) is 14. The summed E-state index contributed by atoms with van der Waals surface area (Å²) in [7, 11) is 0. The zero-order chi connectivity index (χ0) is 18.7. The summed E-state index contributed by atoms with van der Waals surface area (Å²) in [5.74, 6) is -0.713.